The van der Waals surface area contributed by atoms with Crippen LogP contribution in [0.15, 0.2) is 4.99 Å². The maximum absolute atomic E-state index is 10.4. The molecule has 0 bridgehead atoms. The van der Waals surface area contributed by atoms with Crippen molar-refractivity contribution >= 4 is 5.96 Å². The molecule has 0 aromatic heterocycles. The molecule has 0 spiro atoms. The fourth-order valence-corrected chi connectivity index (χ4v) is 4.50. The first-order valence-corrected chi connectivity index (χ1v) is 11.1. The molecule has 2 aliphatic heterocycles. The van der Waals surface area contributed by atoms with E-state index in [4.69, 9.17) is 14.5 Å². The number of nitrogens with zero attached hydrogens (tertiary/aromatic N) is 2. The van der Waals surface area contributed by atoms with E-state index in [1.807, 2.05) is 0 Å². The number of aliphatic hydroxyl groups is 1. The van der Waals surface area contributed by atoms with Crippen LogP contribution in [-0.4, -0.2) is 73.7 Å². The summed E-state index contributed by atoms with van der Waals surface area (Å²) in [6.07, 6.45) is 9.13. The van der Waals surface area contributed by atoms with Gasteiger partial charge in [0.05, 0.1) is 31.5 Å². The lowest BCUT2D eigenvalue weighted by molar-refractivity contribution is -0.0368. The average Bonchev–Trinajstić information content (AvgIpc) is 3.20. The van der Waals surface area contributed by atoms with Gasteiger partial charge in [-0.3, -0.25) is 4.99 Å². The molecule has 6 nitrogen and oxygen atoms in total. The summed E-state index contributed by atoms with van der Waals surface area (Å²) in [6.45, 7) is 9.46. The van der Waals surface area contributed by atoms with Gasteiger partial charge in [-0.1, -0.05) is 19.8 Å². The van der Waals surface area contributed by atoms with E-state index in [2.05, 4.69) is 24.1 Å². The van der Waals surface area contributed by atoms with E-state index in [0.29, 0.717) is 18.8 Å². The van der Waals surface area contributed by atoms with Crippen LogP contribution in [0.5, 0.6) is 0 Å². The summed E-state index contributed by atoms with van der Waals surface area (Å²) in [4.78, 5) is 7.28. The number of nitrogens with one attached hydrogen (secondary N) is 1. The maximum Gasteiger partial charge on any atom is 0.193 e. The van der Waals surface area contributed by atoms with Crippen molar-refractivity contribution in [2.45, 2.75) is 83.5 Å². The summed E-state index contributed by atoms with van der Waals surface area (Å²) >= 11 is 0. The molecule has 1 saturated carbocycles. The Hall–Kier alpha value is -0.850. The van der Waals surface area contributed by atoms with Gasteiger partial charge in [-0.25, -0.2) is 0 Å². The quantitative estimate of drug-likeness (QED) is 0.547. The SMILES string of the molecule is CCNC(=NCC1(C)CCCCC1O)N1CCC(OCC2CCCO2)CC1. The zero-order valence-electron chi connectivity index (χ0n) is 17.3. The monoisotopic (exact) mass is 381 g/mol. The molecule has 0 aromatic rings. The van der Waals surface area contributed by atoms with Gasteiger partial charge in [-0.15, -0.1) is 0 Å². The molecule has 0 radical (unpaired) electrons. The van der Waals surface area contributed by atoms with Gasteiger partial charge in [0.25, 0.3) is 0 Å². The fourth-order valence-electron chi connectivity index (χ4n) is 4.50. The summed E-state index contributed by atoms with van der Waals surface area (Å²) in [5.41, 5.74) is -0.0817. The lowest BCUT2D eigenvalue weighted by Gasteiger charge is -2.38. The summed E-state index contributed by atoms with van der Waals surface area (Å²) in [7, 11) is 0. The van der Waals surface area contributed by atoms with E-state index < -0.39 is 0 Å². The van der Waals surface area contributed by atoms with E-state index in [1.165, 1.54) is 12.8 Å². The largest absolute Gasteiger partial charge is 0.392 e. The zero-order valence-corrected chi connectivity index (χ0v) is 17.3. The predicted octanol–water partition coefficient (Wildman–Crippen LogP) is 2.55. The smallest absolute Gasteiger partial charge is 0.193 e. The molecule has 2 N–H and O–H groups in total. The molecule has 3 atom stereocenters. The number of likely N-dealkylation sites (tertiary alicyclic amines) is 1. The predicted molar refractivity (Wildman–Crippen MR) is 108 cm³/mol. The van der Waals surface area contributed by atoms with Gasteiger partial charge in [-0.2, -0.15) is 0 Å². The highest BCUT2D eigenvalue weighted by Gasteiger charge is 2.35. The highest BCUT2D eigenvalue weighted by molar-refractivity contribution is 5.80. The first-order chi connectivity index (χ1) is 13.1. The second kappa shape index (κ2) is 10.1. The Balaban J connectivity index is 1.48. The third-order valence-electron chi connectivity index (χ3n) is 6.49. The Morgan fingerprint density at radius 2 is 2.04 bits per heavy atom. The van der Waals surface area contributed by atoms with Crippen molar-refractivity contribution in [3.8, 4) is 0 Å². The molecule has 1 aliphatic carbocycles. The Labute approximate surface area is 164 Å². The van der Waals surface area contributed by atoms with Crippen molar-refractivity contribution in [1.82, 2.24) is 10.2 Å². The molecule has 0 amide bonds. The van der Waals surface area contributed by atoms with Crippen LogP contribution < -0.4 is 5.32 Å². The molecule has 3 fully saturated rings. The van der Waals surface area contributed by atoms with Crippen LogP contribution in [0.25, 0.3) is 0 Å². The summed E-state index contributed by atoms with van der Waals surface area (Å²) in [6, 6.07) is 0. The normalized spacial score (nSPS) is 33.4. The molecule has 0 aromatic carbocycles. The first-order valence-electron chi connectivity index (χ1n) is 11.1. The molecule has 2 heterocycles. The minimum atomic E-state index is -0.227. The van der Waals surface area contributed by atoms with E-state index in [9.17, 15) is 5.11 Å². The Morgan fingerprint density at radius 3 is 2.70 bits per heavy atom. The summed E-state index contributed by atoms with van der Waals surface area (Å²) in [5, 5.41) is 13.9. The van der Waals surface area contributed by atoms with Crippen molar-refractivity contribution in [2.75, 3.05) is 39.4 Å². The molecule has 6 heteroatoms. The van der Waals surface area contributed by atoms with Crippen LogP contribution in [0.4, 0.5) is 0 Å². The fraction of sp³-hybridized carbons (Fsp3) is 0.952. The number of piperidine rings is 1. The third-order valence-corrected chi connectivity index (χ3v) is 6.49. The first kappa shape index (κ1) is 20.9. The van der Waals surface area contributed by atoms with Gasteiger partial charge in [0.15, 0.2) is 5.96 Å². The molecule has 3 rings (SSSR count). The molecular formula is C21H39N3O3. The number of hydrogen-bond acceptors (Lipinski definition) is 4. The summed E-state index contributed by atoms with van der Waals surface area (Å²) in [5.74, 6) is 0.995. The molecular weight excluding hydrogens is 342 g/mol. The Morgan fingerprint density at radius 1 is 1.22 bits per heavy atom. The van der Waals surface area contributed by atoms with Crippen molar-refractivity contribution in [2.24, 2.45) is 10.4 Å². The van der Waals surface area contributed by atoms with E-state index in [0.717, 1.165) is 77.3 Å². The van der Waals surface area contributed by atoms with Crippen LogP contribution in [0.1, 0.15) is 65.2 Å². The van der Waals surface area contributed by atoms with Gasteiger partial charge in [0.2, 0.25) is 0 Å². The lowest BCUT2D eigenvalue weighted by Crippen LogP contribution is -2.48. The van der Waals surface area contributed by atoms with Crippen molar-refractivity contribution in [3.05, 3.63) is 0 Å². The maximum atomic E-state index is 10.4. The molecule has 3 unspecified atom stereocenters. The van der Waals surface area contributed by atoms with Crippen molar-refractivity contribution < 1.29 is 14.6 Å². The second-order valence-electron chi connectivity index (χ2n) is 8.74. The van der Waals surface area contributed by atoms with E-state index >= 15 is 0 Å². The number of ether oxygens (including phenoxy) is 2. The van der Waals surface area contributed by atoms with Crippen molar-refractivity contribution in [1.29, 1.82) is 0 Å². The van der Waals surface area contributed by atoms with E-state index in [1.54, 1.807) is 0 Å². The number of aliphatic imine (C=N–C) groups is 1. The lowest BCUT2D eigenvalue weighted by atomic mass is 9.73. The van der Waals surface area contributed by atoms with Crippen LogP contribution in [0, 0.1) is 5.41 Å². The van der Waals surface area contributed by atoms with Crippen LogP contribution >= 0.6 is 0 Å². The minimum Gasteiger partial charge on any atom is -0.392 e. The second-order valence-corrected chi connectivity index (χ2v) is 8.74. The van der Waals surface area contributed by atoms with Crippen molar-refractivity contribution in [3.63, 3.8) is 0 Å². The number of guanidine groups is 1. The number of rotatable bonds is 6. The molecule has 3 aliphatic rings. The summed E-state index contributed by atoms with van der Waals surface area (Å²) < 4.78 is 11.8. The average molecular weight is 382 g/mol. The van der Waals surface area contributed by atoms with Gasteiger partial charge < -0.3 is 24.8 Å². The van der Waals surface area contributed by atoms with Gasteiger partial charge in [-0.05, 0) is 45.4 Å². The van der Waals surface area contributed by atoms with Gasteiger partial charge in [0, 0.05) is 31.7 Å². The Bertz CT molecular complexity index is 473. The number of hydrogen-bond donors (Lipinski definition) is 2. The van der Waals surface area contributed by atoms with Gasteiger partial charge >= 0.3 is 0 Å². The Kier molecular flexibility index (Phi) is 7.79. The zero-order chi connectivity index (χ0) is 19.1. The van der Waals surface area contributed by atoms with E-state index in [-0.39, 0.29) is 11.5 Å². The topological polar surface area (TPSA) is 66.3 Å². The minimum absolute atomic E-state index is 0.0817. The van der Waals surface area contributed by atoms with Crippen LogP contribution in [0.3, 0.4) is 0 Å². The highest BCUT2D eigenvalue weighted by atomic mass is 16.5. The van der Waals surface area contributed by atoms with Crippen LogP contribution in [-0.2, 0) is 9.47 Å². The molecule has 27 heavy (non-hydrogen) atoms. The standard InChI is InChI=1S/C21H39N3O3/c1-3-22-20(23-16-21(2)11-5-4-8-19(21)25)24-12-9-17(10-13-24)27-15-18-7-6-14-26-18/h17-19,25H,3-16H2,1-2H3,(H,22,23). The van der Waals surface area contributed by atoms with Crippen LogP contribution in [0.2, 0.25) is 0 Å². The highest BCUT2D eigenvalue weighted by Crippen LogP contribution is 2.36. The van der Waals surface area contributed by atoms with Gasteiger partial charge in [0.1, 0.15) is 0 Å². The molecule has 156 valence electrons. The number of aliphatic hydroxyl groups excluding tert-OH is 1. The molecule has 2 saturated heterocycles. The third kappa shape index (κ3) is 5.81.